The summed E-state index contributed by atoms with van der Waals surface area (Å²) in [7, 11) is 0. The molecule has 0 heterocycles. The molecular formula is C15H22N2O3. The Labute approximate surface area is 119 Å². The van der Waals surface area contributed by atoms with Crippen LogP contribution in [-0.2, 0) is 11.2 Å². The molecule has 0 spiro atoms. The number of carbonyl (C=O) groups excluding carboxylic acids is 1. The van der Waals surface area contributed by atoms with E-state index in [9.17, 15) is 9.59 Å². The minimum absolute atomic E-state index is 0.439. The van der Waals surface area contributed by atoms with Gasteiger partial charge in [-0.15, -0.1) is 0 Å². The van der Waals surface area contributed by atoms with E-state index < -0.39 is 18.0 Å². The summed E-state index contributed by atoms with van der Waals surface area (Å²) in [5.41, 5.74) is 1.83. The van der Waals surface area contributed by atoms with Crippen LogP contribution in [0.15, 0.2) is 24.3 Å². The van der Waals surface area contributed by atoms with Crippen LogP contribution < -0.4 is 10.6 Å². The summed E-state index contributed by atoms with van der Waals surface area (Å²) in [6.45, 7) is 4.04. The normalized spacial score (nSPS) is 11.7. The number of aliphatic carboxylic acids is 1. The smallest absolute Gasteiger partial charge is 0.326 e. The highest BCUT2D eigenvalue weighted by molar-refractivity contribution is 5.92. The number of nitrogens with one attached hydrogen (secondary N) is 2. The number of aryl methyl sites for hydroxylation is 1. The minimum atomic E-state index is -1.00. The Kier molecular flexibility index (Phi) is 6.56. The van der Waals surface area contributed by atoms with Gasteiger partial charge in [0.1, 0.15) is 6.04 Å². The Bertz CT molecular complexity index is 443. The fourth-order valence-corrected chi connectivity index (χ4v) is 1.81. The lowest BCUT2D eigenvalue weighted by Gasteiger charge is -2.14. The van der Waals surface area contributed by atoms with Crippen molar-refractivity contribution in [3.63, 3.8) is 0 Å². The van der Waals surface area contributed by atoms with E-state index in [1.807, 2.05) is 19.1 Å². The predicted molar refractivity (Wildman–Crippen MR) is 78.9 cm³/mol. The van der Waals surface area contributed by atoms with Crippen molar-refractivity contribution in [2.24, 2.45) is 0 Å². The third-order valence-corrected chi connectivity index (χ3v) is 3.07. The number of hydrogen-bond acceptors (Lipinski definition) is 2. The van der Waals surface area contributed by atoms with E-state index in [4.69, 9.17) is 5.11 Å². The van der Waals surface area contributed by atoms with Gasteiger partial charge in [0.2, 0.25) is 0 Å². The molecule has 1 aromatic rings. The number of benzene rings is 1. The molecule has 110 valence electrons. The molecule has 20 heavy (non-hydrogen) atoms. The van der Waals surface area contributed by atoms with Gasteiger partial charge in [-0.05, 0) is 30.5 Å². The van der Waals surface area contributed by atoms with E-state index in [1.165, 1.54) is 5.56 Å². The molecule has 0 unspecified atom stereocenters. The quantitative estimate of drug-likeness (QED) is 0.717. The van der Waals surface area contributed by atoms with Crippen molar-refractivity contribution >= 4 is 17.7 Å². The van der Waals surface area contributed by atoms with Gasteiger partial charge in [-0.2, -0.15) is 0 Å². The molecule has 0 saturated carbocycles. The maximum Gasteiger partial charge on any atom is 0.326 e. The lowest BCUT2D eigenvalue weighted by molar-refractivity contribution is -0.139. The Morgan fingerprint density at radius 1 is 1.20 bits per heavy atom. The third-order valence-electron chi connectivity index (χ3n) is 3.07. The van der Waals surface area contributed by atoms with Gasteiger partial charge in [0, 0.05) is 5.69 Å². The first-order chi connectivity index (χ1) is 9.56. The fraction of sp³-hybridized carbons (Fsp3) is 0.467. The Balaban J connectivity index is 2.53. The Morgan fingerprint density at radius 3 is 2.35 bits per heavy atom. The Hall–Kier alpha value is -2.04. The van der Waals surface area contributed by atoms with E-state index in [0.29, 0.717) is 12.1 Å². The van der Waals surface area contributed by atoms with Crippen LogP contribution in [0.25, 0.3) is 0 Å². The number of carbonyl (C=O) groups is 2. The van der Waals surface area contributed by atoms with Crippen molar-refractivity contribution in [1.82, 2.24) is 5.32 Å². The van der Waals surface area contributed by atoms with E-state index >= 15 is 0 Å². The van der Waals surface area contributed by atoms with E-state index in [0.717, 1.165) is 19.3 Å². The van der Waals surface area contributed by atoms with Crippen LogP contribution in [0.4, 0.5) is 10.5 Å². The molecule has 5 heteroatoms. The number of amides is 2. The second-order valence-corrected chi connectivity index (χ2v) is 4.68. The minimum Gasteiger partial charge on any atom is -0.480 e. The zero-order valence-corrected chi connectivity index (χ0v) is 12.0. The second kappa shape index (κ2) is 8.19. The van der Waals surface area contributed by atoms with Crippen LogP contribution in [0.5, 0.6) is 0 Å². The molecule has 0 fully saturated rings. The van der Waals surface area contributed by atoms with Crippen molar-refractivity contribution in [3.05, 3.63) is 29.8 Å². The zero-order chi connectivity index (χ0) is 15.0. The maximum absolute atomic E-state index is 11.8. The lowest BCUT2D eigenvalue weighted by atomic mass is 10.1. The van der Waals surface area contributed by atoms with Gasteiger partial charge >= 0.3 is 12.0 Å². The van der Waals surface area contributed by atoms with Crippen molar-refractivity contribution in [1.29, 1.82) is 0 Å². The number of carboxylic acids is 1. The highest BCUT2D eigenvalue weighted by atomic mass is 16.4. The summed E-state index contributed by atoms with van der Waals surface area (Å²) in [5, 5.41) is 14.2. The first-order valence-corrected chi connectivity index (χ1v) is 6.96. The molecule has 1 rings (SSSR count). The predicted octanol–water partition coefficient (Wildman–Crippen LogP) is 3.01. The summed E-state index contributed by atoms with van der Waals surface area (Å²) in [6.07, 6.45) is 3.03. The molecule has 3 N–H and O–H groups in total. The van der Waals surface area contributed by atoms with Crippen LogP contribution in [0, 0.1) is 0 Å². The van der Waals surface area contributed by atoms with Crippen molar-refractivity contribution in [3.8, 4) is 0 Å². The first-order valence-electron chi connectivity index (χ1n) is 6.96. The van der Waals surface area contributed by atoms with Crippen molar-refractivity contribution in [2.45, 2.75) is 45.6 Å². The average Bonchev–Trinajstić information content (AvgIpc) is 2.44. The topological polar surface area (TPSA) is 78.4 Å². The van der Waals surface area contributed by atoms with Gasteiger partial charge in [0.15, 0.2) is 0 Å². The largest absolute Gasteiger partial charge is 0.480 e. The van der Waals surface area contributed by atoms with Crippen LogP contribution >= 0.6 is 0 Å². The summed E-state index contributed by atoms with van der Waals surface area (Å²) >= 11 is 0. The van der Waals surface area contributed by atoms with Gasteiger partial charge in [0.25, 0.3) is 0 Å². The van der Waals surface area contributed by atoms with Crippen LogP contribution in [0.3, 0.4) is 0 Å². The molecule has 2 amide bonds. The highest BCUT2D eigenvalue weighted by Gasteiger charge is 2.18. The number of hydrogen-bond donors (Lipinski definition) is 3. The SMILES string of the molecule is CCCC[C@H](NC(=O)Nc1ccc(CC)cc1)C(=O)O. The molecule has 0 aromatic heterocycles. The van der Waals surface area contributed by atoms with Crippen LogP contribution in [0.2, 0.25) is 0 Å². The average molecular weight is 278 g/mol. The molecule has 0 saturated heterocycles. The summed E-state index contributed by atoms with van der Waals surface area (Å²) in [4.78, 5) is 22.8. The van der Waals surface area contributed by atoms with Crippen molar-refractivity contribution < 1.29 is 14.7 Å². The molecular weight excluding hydrogens is 256 g/mol. The molecule has 0 bridgehead atoms. The summed E-state index contributed by atoms with van der Waals surface area (Å²) < 4.78 is 0. The monoisotopic (exact) mass is 278 g/mol. The fourth-order valence-electron chi connectivity index (χ4n) is 1.81. The standard InChI is InChI=1S/C15H22N2O3/c1-3-5-6-13(14(18)19)17-15(20)16-12-9-7-11(4-2)8-10-12/h7-10,13H,3-6H2,1-2H3,(H,18,19)(H2,16,17,20)/t13-/m0/s1. The van der Waals surface area contributed by atoms with E-state index in [1.54, 1.807) is 12.1 Å². The summed E-state index contributed by atoms with van der Waals surface area (Å²) in [6, 6.07) is 6.14. The van der Waals surface area contributed by atoms with Crippen LogP contribution in [0.1, 0.15) is 38.7 Å². The molecule has 1 atom stereocenters. The number of urea groups is 1. The van der Waals surface area contributed by atoms with Gasteiger partial charge in [0.05, 0.1) is 0 Å². The molecule has 5 nitrogen and oxygen atoms in total. The van der Waals surface area contributed by atoms with Crippen LogP contribution in [-0.4, -0.2) is 23.1 Å². The molecule has 0 radical (unpaired) electrons. The maximum atomic E-state index is 11.8. The van der Waals surface area contributed by atoms with E-state index in [-0.39, 0.29) is 0 Å². The molecule has 0 aliphatic carbocycles. The van der Waals surface area contributed by atoms with Gasteiger partial charge < -0.3 is 15.7 Å². The van der Waals surface area contributed by atoms with Crippen molar-refractivity contribution in [2.75, 3.05) is 5.32 Å². The third kappa shape index (κ3) is 5.30. The first kappa shape index (κ1) is 16.0. The second-order valence-electron chi connectivity index (χ2n) is 4.68. The molecule has 0 aliphatic heterocycles. The summed E-state index contributed by atoms with van der Waals surface area (Å²) in [5.74, 6) is -1.00. The number of rotatable bonds is 7. The number of unbranched alkanes of at least 4 members (excludes halogenated alkanes) is 1. The zero-order valence-electron chi connectivity index (χ0n) is 12.0. The lowest BCUT2D eigenvalue weighted by Crippen LogP contribution is -2.42. The molecule has 1 aromatic carbocycles. The van der Waals surface area contributed by atoms with Gasteiger partial charge in [-0.3, -0.25) is 0 Å². The Morgan fingerprint density at radius 2 is 1.85 bits per heavy atom. The van der Waals surface area contributed by atoms with E-state index in [2.05, 4.69) is 17.6 Å². The number of carboxylic acid groups (broad SMARTS) is 1. The van der Waals surface area contributed by atoms with Gasteiger partial charge in [-0.1, -0.05) is 38.8 Å². The number of anilines is 1. The van der Waals surface area contributed by atoms with Gasteiger partial charge in [-0.25, -0.2) is 9.59 Å². The highest BCUT2D eigenvalue weighted by Crippen LogP contribution is 2.10. The molecule has 0 aliphatic rings.